The van der Waals surface area contributed by atoms with E-state index in [1.165, 1.54) is 28.0 Å². The highest BCUT2D eigenvalue weighted by Gasteiger charge is 2.38. The Morgan fingerprint density at radius 2 is 2.10 bits per heavy atom. The smallest absolute Gasteiger partial charge is 0.0509 e. The SMILES string of the molecule is CC/C(NC)=C1/C=CC=C2c3ccccc3C(CO)C21. The van der Waals surface area contributed by atoms with Crippen molar-refractivity contribution in [2.75, 3.05) is 13.7 Å². The lowest BCUT2D eigenvalue weighted by Gasteiger charge is -2.26. The zero-order chi connectivity index (χ0) is 14.1. The maximum Gasteiger partial charge on any atom is 0.0509 e. The Morgan fingerprint density at radius 3 is 2.80 bits per heavy atom. The number of allylic oxidation sites excluding steroid dienone is 6. The van der Waals surface area contributed by atoms with Gasteiger partial charge in [0.25, 0.3) is 0 Å². The third kappa shape index (κ3) is 1.83. The van der Waals surface area contributed by atoms with Crippen LogP contribution < -0.4 is 5.32 Å². The molecule has 0 fully saturated rings. The molecule has 0 heterocycles. The van der Waals surface area contributed by atoms with Crippen LogP contribution in [0.15, 0.2) is 53.8 Å². The van der Waals surface area contributed by atoms with Crippen LogP contribution in [0.2, 0.25) is 0 Å². The van der Waals surface area contributed by atoms with Gasteiger partial charge in [0.2, 0.25) is 0 Å². The summed E-state index contributed by atoms with van der Waals surface area (Å²) in [7, 11) is 1.98. The monoisotopic (exact) mass is 267 g/mol. The van der Waals surface area contributed by atoms with Gasteiger partial charge in [-0.05, 0) is 28.7 Å². The average molecular weight is 267 g/mol. The number of aliphatic hydroxyl groups excluding tert-OH is 1. The summed E-state index contributed by atoms with van der Waals surface area (Å²) in [5, 5.41) is 13.2. The molecule has 2 N–H and O–H groups in total. The number of aliphatic hydroxyl groups is 1. The lowest BCUT2D eigenvalue weighted by molar-refractivity contribution is 0.255. The van der Waals surface area contributed by atoms with Crippen molar-refractivity contribution in [3.05, 3.63) is 64.9 Å². The molecule has 2 unspecified atom stereocenters. The molecule has 1 aromatic rings. The third-order valence-corrected chi connectivity index (χ3v) is 4.50. The predicted molar refractivity (Wildman–Crippen MR) is 83.3 cm³/mol. The number of rotatable bonds is 3. The molecule has 20 heavy (non-hydrogen) atoms. The Bertz CT molecular complexity index is 604. The molecular weight excluding hydrogens is 246 g/mol. The van der Waals surface area contributed by atoms with Crippen LogP contribution in [-0.2, 0) is 0 Å². The summed E-state index contributed by atoms with van der Waals surface area (Å²) < 4.78 is 0. The highest BCUT2D eigenvalue weighted by Crippen LogP contribution is 2.51. The van der Waals surface area contributed by atoms with Crippen molar-refractivity contribution in [3.8, 4) is 0 Å². The Balaban J connectivity index is 2.17. The molecule has 0 aliphatic heterocycles. The number of hydrogen-bond acceptors (Lipinski definition) is 2. The standard InChI is InChI=1S/C18H21NO/c1-3-17(19-2)15-10-6-9-14-12-7-4-5-8-13(12)16(11-20)18(14)15/h4-10,16,18-20H,3,11H2,1-2H3/b17-15+. The van der Waals surface area contributed by atoms with E-state index in [4.69, 9.17) is 0 Å². The fraction of sp³-hybridized carbons (Fsp3) is 0.333. The molecule has 0 radical (unpaired) electrons. The first-order valence-electron chi connectivity index (χ1n) is 7.31. The molecule has 0 saturated heterocycles. The molecule has 2 aliphatic carbocycles. The molecular formula is C18H21NO. The summed E-state index contributed by atoms with van der Waals surface area (Å²) in [6.45, 7) is 2.36. The maximum absolute atomic E-state index is 9.90. The minimum atomic E-state index is 0.173. The van der Waals surface area contributed by atoms with Crippen molar-refractivity contribution < 1.29 is 5.11 Å². The minimum Gasteiger partial charge on any atom is -0.396 e. The van der Waals surface area contributed by atoms with Crippen molar-refractivity contribution in [3.63, 3.8) is 0 Å². The van der Waals surface area contributed by atoms with Gasteiger partial charge in [-0.25, -0.2) is 0 Å². The zero-order valence-electron chi connectivity index (χ0n) is 12.1. The second-order valence-corrected chi connectivity index (χ2v) is 5.37. The third-order valence-electron chi connectivity index (χ3n) is 4.50. The fourth-order valence-electron chi connectivity index (χ4n) is 3.60. The lowest BCUT2D eigenvalue weighted by atomic mass is 9.80. The first-order valence-corrected chi connectivity index (χ1v) is 7.31. The Hall–Kier alpha value is -1.80. The van der Waals surface area contributed by atoms with E-state index in [-0.39, 0.29) is 18.4 Å². The summed E-state index contributed by atoms with van der Waals surface area (Å²) in [5.41, 5.74) is 6.51. The van der Waals surface area contributed by atoms with Crippen molar-refractivity contribution >= 4 is 5.57 Å². The molecule has 2 heteroatoms. The summed E-state index contributed by atoms with van der Waals surface area (Å²) in [4.78, 5) is 0. The maximum atomic E-state index is 9.90. The van der Waals surface area contributed by atoms with Gasteiger partial charge in [0, 0.05) is 24.6 Å². The molecule has 104 valence electrons. The van der Waals surface area contributed by atoms with Crippen molar-refractivity contribution in [1.29, 1.82) is 0 Å². The molecule has 0 bridgehead atoms. The van der Waals surface area contributed by atoms with E-state index in [1.54, 1.807) is 0 Å². The summed E-state index contributed by atoms with van der Waals surface area (Å²) in [6, 6.07) is 8.47. The van der Waals surface area contributed by atoms with Crippen LogP contribution in [0.1, 0.15) is 30.4 Å². The quantitative estimate of drug-likeness (QED) is 0.881. The summed E-state index contributed by atoms with van der Waals surface area (Å²) in [5.74, 6) is 0.456. The van der Waals surface area contributed by atoms with Gasteiger partial charge >= 0.3 is 0 Å². The Labute approximate surface area is 120 Å². The number of hydrogen-bond donors (Lipinski definition) is 2. The van der Waals surface area contributed by atoms with Crippen molar-refractivity contribution in [1.82, 2.24) is 5.32 Å². The van der Waals surface area contributed by atoms with E-state index in [2.05, 4.69) is 54.7 Å². The van der Waals surface area contributed by atoms with Gasteiger partial charge in [0.1, 0.15) is 0 Å². The van der Waals surface area contributed by atoms with E-state index < -0.39 is 0 Å². The highest BCUT2D eigenvalue weighted by atomic mass is 16.3. The van der Waals surface area contributed by atoms with Crippen LogP contribution in [-0.4, -0.2) is 18.8 Å². The highest BCUT2D eigenvalue weighted by molar-refractivity contribution is 5.81. The van der Waals surface area contributed by atoms with Gasteiger partial charge in [-0.3, -0.25) is 0 Å². The van der Waals surface area contributed by atoms with Crippen LogP contribution in [0.5, 0.6) is 0 Å². The van der Waals surface area contributed by atoms with Crippen LogP contribution >= 0.6 is 0 Å². The normalized spacial score (nSPS) is 25.9. The molecule has 0 aromatic heterocycles. The number of benzene rings is 1. The molecule has 0 spiro atoms. The Morgan fingerprint density at radius 1 is 1.30 bits per heavy atom. The van der Waals surface area contributed by atoms with Gasteiger partial charge in [-0.2, -0.15) is 0 Å². The van der Waals surface area contributed by atoms with Crippen molar-refractivity contribution in [2.45, 2.75) is 19.3 Å². The van der Waals surface area contributed by atoms with E-state index >= 15 is 0 Å². The minimum absolute atomic E-state index is 0.173. The largest absolute Gasteiger partial charge is 0.396 e. The molecule has 3 rings (SSSR count). The van der Waals surface area contributed by atoms with Crippen LogP contribution in [0, 0.1) is 5.92 Å². The molecule has 1 aromatic carbocycles. The second kappa shape index (κ2) is 5.29. The molecule has 2 atom stereocenters. The zero-order valence-corrected chi connectivity index (χ0v) is 12.1. The fourth-order valence-corrected chi connectivity index (χ4v) is 3.60. The van der Waals surface area contributed by atoms with E-state index in [9.17, 15) is 5.11 Å². The van der Waals surface area contributed by atoms with Crippen LogP contribution in [0.3, 0.4) is 0 Å². The number of nitrogens with one attached hydrogen (secondary N) is 1. The van der Waals surface area contributed by atoms with Gasteiger partial charge in [0.05, 0.1) is 6.61 Å². The number of fused-ring (bicyclic) bond motifs is 3. The van der Waals surface area contributed by atoms with Crippen molar-refractivity contribution in [2.24, 2.45) is 5.92 Å². The summed E-state index contributed by atoms with van der Waals surface area (Å²) in [6.07, 6.45) is 7.50. The molecule has 0 saturated carbocycles. The second-order valence-electron chi connectivity index (χ2n) is 5.37. The Kier molecular flexibility index (Phi) is 3.49. The van der Waals surface area contributed by atoms with Gasteiger partial charge < -0.3 is 10.4 Å². The van der Waals surface area contributed by atoms with E-state index in [0.717, 1.165) is 6.42 Å². The van der Waals surface area contributed by atoms with Crippen LogP contribution in [0.4, 0.5) is 0 Å². The molecule has 2 nitrogen and oxygen atoms in total. The topological polar surface area (TPSA) is 32.3 Å². The summed E-state index contributed by atoms with van der Waals surface area (Å²) >= 11 is 0. The molecule has 2 aliphatic rings. The first-order chi connectivity index (χ1) is 9.81. The van der Waals surface area contributed by atoms with Crippen LogP contribution in [0.25, 0.3) is 5.57 Å². The lowest BCUT2D eigenvalue weighted by Crippen LogP contribution is -2.19. The first kappa shape index (κ1) is 13.2. The van der Waals surface area contributed by atoms with E-state index in [1.807, 2.05) is 7.05 Å². The van der Waals surface area contributed by atoms with E-state index in [0.29, 0.717) is 0 Å². The average Bonchev–Trinajstić information content (AvgIpc) is 2.83. The van der Waals surface area contributed by atoms with Gasteiger partial charge in [-0.15, -0.1) is 0 Å². The predicted octanol–water partition coefficient (Wildman–Crippen LogP) is 3.23. The van der Waals surface area contributed by atoms with Gasteiger partial charge in [0.15, 0.2) is 0 Å². The molecule has 0 amide bonds. The van der Waals surface area contributed by atoms with Gasteiger partial charge in [-0.1, -0.05) is 49.4 Å².